The molecule has 1 unspecified atom stereocenters. The van der Waals surface area contributed by atoms with E-state index in [9.17, 15) is 9.36 Å². The van der Waals surface area contributed by atoms with Gasteiger partial charge in [0.25, 0.3) is 0 Å². The molecule has 0 spiro atoms. The predicted octanol–water partition coefficient (Wildman–Crippen LogP) is 1.54. The van der Waals surface area contributed by atoms with Crippen molar-refractivity contribution in [1.82, 2.24) is 19.5 Å². The van der Waals surface area contributed by atoms with Gasteiger partial charge < -0.3 is 19.9 Å². The minimum Gasteiger partial charge on any atom is -0.476 e. The minimum atomic E-state index is -4.23. The highest BCUT2D eigenvalue weighted by atomic mass is 31.2. The van der Waals surface area contributed by atoms with E-state index in [2.05, 4.69) is 15.0 Å². The molecule has 2 N–H and O–H groups in total. The van der Waals surface area contributed by atoms with Crippen molar-refractivity contribution in [3.63, 3.8) is 0 Å². The number of fused-ring (bicyclic) bond motifs is 2. The van der Waals surface area contributed by atoms with Crippen LogP contribution in [0.1, 0.15) is 27.0 Å². The Labute approximate surface area is 181 Å². The second-order valence-corrected chi connectivity index (χ2v) is 8.79. The summed E-state index contributed by atoms with van der Waals surface area (Å²) in [7, 11) is -4.23. The van der Waals surface area contributed by atoms with Crippen molar-refractivity contribution in [2.75, 3.05) is 32.2 Å². The smallest absolute Gasteiger partial charge is 0.475 e. The molecule has 2 aliphatic rings. The molecule has 32 heavy (non-hydrogen) atoms. The van der Waals surface area contributed by atoms with Gasteiger partial charge >= 0.3 is 13.8 Å². The van der Waals surface area contributed by atoms with E-state index in [1.165, 1.54) is 17.8 Å². The van der Waals surface area contributed by atoms with E-state index >= 15 is 4.39 Å². The van der Waals surface area contributed by atoms with E-state index < -0.39 is 44.5 Å². The quantitative estimate of drug-likeness (QED) is 0.455. The molecule has 0 radical (unpaired) electrons. The Morgan fingerprint density at radius 3 is 2.91 bits per heavy atom. The monoisotopic (exact) mass is 475 g/mol. The number of carbonyl (C=O) groups excluding carboxylic acids is 1. The van der Waals surface area contributed by atoms with E-state index in [1.807, 2.05) is 0 Å². The fourth-order valence-corrected chi connectivity index (χ4v) is 4.97. The Morgan fingerprint density at radius 1 is 1.41 bits per heavy atom. The van der Waals surface area contributed by atoms with Gasteiger partial charge in [-0.1, -0.05) is 0 Å². The second kappa shape index (κ2) is 8.52. The molecule has 2 fully saturated rings. The number of nitrogens with zero attached hydrogens (tertiary/aromatic N) is 4. The number of aromatic nitrogens is 4. The number of rotatable bonds is 7. The Balaban J connectivity index is 1.59. The zero-order chi connectivity index (χ0) is 23.1. The number of hydrogen-bond donors (Lipinski definition) is 1. The molecule has 2 aromatic rings. The van der Waals surface area contributed by atoms with E-state index in [1.54, 1.807) is 13.8 Å². The number of phosphoric acid groups is 1. The molecular weight excluding hydrogens is 452 g/mol. The molecule has 13 nitrogen and oxygen atoms in total. The topological polar surface area (TPSA) is 159 Å². The first kappa shape index (κ1) is 22.8. The van der Waals surface area contributed by atoms with Crippen LogP contribution in [0.2, 0.25) is 0 Å². The summed E-state index contributed by atoms with van der Waals surface area (Å²) in [6.45, 7) is 4.09. The molecule has 0 aromatic carbocycles. The number of phosphoric ester groups is 1. The molecule has 2 aliphatic heterocycles. The molecule has 0 aliphatic carbocycles. The van der Waals surface area contributed by atoms with Gasteiger partial charge in [0.1, 0.15) is 12.2 Å². The normalized spacial score (nSPS) is 32.1. The maximum Gasteiger partial charge on any atom is 0.475 e. The van der Waals surface area contributed by atoms with Crippen LogP contribution in [0, 0.1) is 0 Å². The van der Waals surface area contributed by atoms with Crippen LogP contribution in [0.5, 0.6) is 5.88 Å². The van der Waals surface area contributed by atoms with Crippen LogP contribution in [0.15, 0.2) is 6.33 Å². The third-order valence-electron chi connectivity index (χ3n) is 4.91. The van der Waals surface area contributed by atoms with E-state index in [0.717, 1.165) is 0 Å². The number of imidazole rings is 1. The van der Waals surface area contributed by atoms with Crippen molar-refractivity contribution in [3.05, 3.63) is 6.33 Å². The van der Waals surface area contributed by atoms with Crippen LogP contribution >= 0.6 is 7.82 Å². The summed E-state index contributed by atoms with van der Waals surface area (Å²) in [6, 6.07) is 0. The zero-order valence-corrected chi connectivity index (χ0v) is 18.5. The van der Waals surface area contributed by atoms with Gasteiger partial charge in [-0.25, -0.2) is 18.7 Å². The summed E-state index contributed by atoms with van der Waals surface area (Å²) in [5.41, 5.74) is 4.02. The van der Waals surface area contributed by atoms with Crippen LogP contribution < -0.4 is 10.5 Å². The van der Waals surface area contributed by atoms with Crippen molar-refractivity contribution in [1.29, 1.82) is 0 Å². The standard InChI is InChI=1S/C17H23FN5O8P/c1-4-26-10(24)7-29-32(25)28-6-9-12(31-32)17(3,18)15(30-9)23-8-20-11-13(23)21-16(19)22-14(11)27-5-2/h8-9,12,15H,4-7H2,1-3H3,(H2,19,21,22)/t9-,12-,15-,17-,32?/m1/s1. The average molecular weight is 475 g/mol. The van der Waals surface area contributed by atoms with Gasteiger partial charge in [-0.15, -0.1) is 0 Å². The van der Waals surface area contributed by atoms with Crippen LogP contribution in [0.4, 0.5) is 10.3 Å². The lowest BCUT2D eigenvalue weighted by Crippen LogP contribution is -2.44. The lowest BCUT2D eigenvalue weighted by Gasteiger charge is -2.33. The molecule has 4 heterocycles. The first-order valence-corrected chi connectivity index (χ1v) is 11.3. The van der Waals surface area contributed by atoms with Gasteiger partial charge in [-0.3, -0.25) is 18.1 Å². The summed E-state index contributed by atoms with van der Waals surface area (Å²) >= 11 is 0. The lowest BCUT2D eigenvalue weighted by atomic mass is 9.98. The number of hydrogen-bond acceptors (Lipinski definition) is 12. The Kier molecular flexibility index (Phi) is 6.07. The summed E-state index contributed by atoms with van der Waals surface area (Å²) in [4.78, 5) is 23.8. The molecule has 176 valence electrons. The van der Waals surface area contributed by atoms with Gasteiger partial charge in [0.15, 0.2) is 29.7 Å². The molecule has 2 saturated heterocycles. The number of nitrogen functional groups attached to an aromatic ring is 1. The summed E-state index contributed by atoms with van der Waals surface area (Å²) in [5, 5.41) is 0. The van der Waals surface area contributed by atoms with E-state index in [-0.39, 0.29) is 36.2 Å². The number of ether oxygens (including phenoxy) is 3. The van der Waals surface area contributed by atoms with Crippen molar-refractivity contribution in [3.8, 4) is 5.88 Å². The molecule has 2 aromatic heterocycles. The Bertz CT molecular complexity index is 1060. The number of anilines is 1. The molecule has 0 amide bonds. The maximum atomic E-state index is 16.0. The van der Waals surface area contributed by atoms with E-state index in [0.29, 0.717) is 6.61 Å². The van der Waals surface area contributed by atoms with Crippen molar-refractivity contribution < 1.29 is 41.5 Å². The van der Waals surface area contributed by atoms with Gasteiger partial charge in [-0.2, -0.15) is 9.97 Å². The number of halogens is 1. The first-order chi connectivity index (χ1) is 15.2. The Morgan fingerprint density at radius 2 is 2.19 bits per heavy atom. The van der Waals surface area contributed by atoms with E-state index in [4.69, 9.17) is 33.5 Å². The lowest BCUT2D eigenvalue weighted by molar-refractivity contribution is -0.147. The average Bonchev–Trinajstić information content (AvgIpc) is 3.25. The summed E-state index contributed by atoms with van der Waals surface area (Å²) in [6.07, 6.45) is -2.19. The SMILES string of the molecule is CCOC(=O)COP1(=O)OC[C@H]2O[C@@H](n3cnc4c(OCC)nc(N)nc43)[C@](C)(F)[C@@H]2O1. The fraction of sp³-hybridized carbons (Fsp3) is 0.647. The maximum absolute atomic E-state index is 16.0. The summed E-state index contributed by atoms with van der Waals surface area (Å²) < 4.78 is 61.5. The molecule has 5 atom stereocenters. The van der Waals surface area contributed by atoms with Crippen LogP contribution in [-0.4, -0.2) is 69.8 Å². The van der Waals surface area contributed by atoms with Gasteiger partial charge in [-0.05, 0) is 20.8 Å². The number of esters is 1. The highest BCUT2D eigenvalue weighted by Crippen LogP contribution is 2.59. The van der Waals surface area contributed by atoms with Crippen LogP contribution in [0.25, 0.3) is 11.2 Å². The van der Waals surface area contributed by atoms with Gasteiger partial charge in [0.2, 0.25) is 11.8 Å². The van der Waals surface area contributed by atoms with Gasteiger partial charge in [0.05, 0.1) is 26.1 Å². The third kappa shape index (κ3) is 4.04. The molecular formula is C17H23FN5O8P. The van der Waals surface area contributed by atoms with Crippen molar-refractivity contribution >= 4 is 30.9 Å². The van der Waals surface area contributed by atoms with Crippen LogP contribution in [0.3, 0.4) is 0 Å². The molecule has 0 bridgehead atoms. The first-order valence-electron chi connectivity index (χ1n) is 9.89. The molecule has 4 rings (SSSR count). The van der Waals surface area contributed by atoms with Gasteiger partial charge in [0, 0.05) is 0 Å². The second-order valence-electron chi connectivity index (χ2n) is 7.17. The Hall–Kier alpha value is -2.38. The number of carbonyl (C=O) groups is 1. The summed E-state index contributed by atoms with van der Waals surface area (Å²) in [5.74, 6) is -0.691. The zero-order valence-electron chi connectivity index (χ0n) is 17.6. The third-order valence-corrected chi connectivity index (χ3v) is 6.30. The molecule has 0 saturated carbocycles. The highest BCUT2D eigenvalue weighted by Gasteiger charge is 2.61. The fourth-order valence-electron chi connectivity index (χ4n) is 3.56. The highest BCUT2D eigenvalue weighted by molar-refractivity contribution is 7.48. The minimum absolute atomic E-state index is 0.0878. The predicted molar refractivity (Wildman–Crippen MR) is 105 cm³/mol. The number of nitrogens with two attached hydrogens (primary N) is 1. The molecule has 15 heteroatoms. The van der Waals surface area contributed by atoms with Crippen LogP contribution in [-0.2, 0) is 32.4 Å². The van der Waals surface area contributed by atoms with Crippen molar-refractivity contribution in [2.24, 2.45) is 0 Å². The largest absolute Gasteiger partial charge is 0.476 e. The number of alkyl halides is 1. The van der Waals surface area contributed by atoms with Crippen molar-refractivity contribution in [2.45, 2.75) is 44.9 Å².